The average Bonchev–Trinajstić information content (AvgIpc) is 2.23. The molecule has 18 heavy (non-hydrogen) atoms. The summed E-state index contributed by atoms with van der Waals surface area (Å²) >= 11 is 3.24. The third kappa shape index (κ3) is 2.81. The highest BCUT2D eigenvalue weighted by Crippen LogP contribution is 2.24. The Hall–Kier alpha value is -1.56. The Morgan fingerprint density at radius 3 is 2.67 bits per heavy atom. The second-order valence-corrected chi connectivity index (χ2v) is 4.88. The van der Waals surface area contributed by atoms with E-state index in [9.17, 15) is 9.59 Å². The number of aromatic carboxylic acids is 1. The zero-order chi connectivity index (χ0) is 13.1. The Balaban J connectivity index is 2.05. The summed E-state index contributed by atoms with van der Waals surface area (Å²) in [6.07, 6.45) is 1.02. The molecule has 1 fully saturated rings. The number of carbonyl (C=O) groups is 2. The van der Waals surface area contributed by atoms with E-state index in [1.807, 2.05) is 0 Å². The minimum atomic E-state index is -1.08. The molecule has 0 atom stereocenters. The summed E-state index contributed by atoms with van der Waals surface area (Å²) in [6, 6.07) is 4.61. The summed E-state index contributed by atoms with van der Waals surface area (Å²) in [7, 11) is 0. The van der Waals surface area contributed by atoms with E-state index in [4.69, 9.17) is 9.84 Å². The molecular formula is C12H12BrNO4. The van der Waals surface area contributed by atoms with Crippen LogP contribution in [0.5, 0.6) is 5.75 Å². The molecule has 1 heterocycles. The minimum absolute atomic E-state index is 0.0506. The number of carboxylic acids is 1. The zero-order valence-corrected chi connectivity index (χ0v) is 11.1. The van der Waals surface area contributed by atoms with Crippen molar-refractivity contribution in [3.63, 3.8) is 0 Å². The monoisotopic (exact) mass is 313 g/mol. The van der Waals surface area contributed by atoms with Gasteiger partial charge in [-0.25, -0.2) is 4.79 Å². The fraction of sp³-hybridized carbons (Fsp3) is 0.333. The normalized spacial score (nSPS) is 13.9. The second kappa shape index (κ2) is 5.39. The average molecular weight is 314 g/mol. The number of nitrogens with zero attached hydrogens (tertiary/aromatic N) is 1. The van der Waals surface area contributed by atoms with E-state index in [1.54, 1.807) is 17.0 Å². The number of carbonyl (C=O) groups excluding carboxylic acids is 1. The maximum Gasteiger partial charge on any atom is 0.339 e. The van der Waals surface area contributed by atoms with E-state index in [0.29, 0.717) is 4.47 Å². The van der Waals surface area contributed by atoms with Crippen molar-refractivity contribution in [2.75, 3.05) is 19.7 Å². The number of amides is 1. The van der Waals surface area contributed by atoms with Crippen molar-refractivity contribution in [1.29, 1.82) is 0 Å². The van der Waals surface area contributed by atoms with Crippen LogP contribution >= 0.6 is 15.9 Å². The van der Waals surface area contributed by atoms with Gasteiger partial charge in [0.05, 0.1) is 0 Å². The number of hydrogen-bond donors (Lipinski definition) is 1. The lowest BCUT2D eigenvalue weighted by Gasteiger charge is -2.30. The van der Waals surface area contributed by atoms with Crippen LogP contribution in [0.3, 0.4) is 0 Å². The lowest BCUT2D eigenvalue weighted by Crippen LogP contribution is -2.44. The fourth-order valence-corrected chi connectivity index (χ4v) is 1.93. The number of benzene rings is 1. The molecular weight excluding hydrogens is 302 g/mol. The molecule has 1 aliphatic rings. The van der Waals surface area contributed by atoms with Gasteiger partial charge in [0.1, 0.15) is 11.3 Å². The molecule has 0 unspecified atom stereocenters. The topological polar surface area (TPSA) is 66.8 Å². The maximum absolute atomic E-state index is 11.6. The number of ether oxygens (including phenoxy) is 1. The van der Waals surface area contributed by atoms with Crippen molar-refractivity contribution in [3.8, 4) is 5.75 Å². The first kappa shape index (κ1) is 12.9. The van der Waals surface area contributed by atoms with Gasteiger partial charge < -0.3 is 14.7 Å². The van der Waals surface area contributed by atoms with Gasteiger partial charge in [-0.15, -0.1) is 0 Å². The molecule has 0 aromatic heterocycles. The largest absolute Gasteiger partial charge is 0.483 e. The van der Waals surface area contributed by atoms with E-state index in [0.717, 1.165) is 19.5 Å². The molecule has 6 heteroatoms. The van der Waals surface area contributed by atoms with Gasteiger partial charge in [-0.3, -0.25) is 4.79 Å². The summed E-state index contributed by atoms with van der Waals surface area (Å²) in [5.74, 6) is -0.989. The lowest BCUT2D eigenvalue weighted by atomic mass is 10.2. The Morgan fingerprint density at radius 1 is 1.39 bits per heavy atom. The van der Waals surface area contributed by atoms with Crippen LogP contribution in [-0.2, 0) is 4.79 Å². The first-order chi connectivity index (χ1) is 8.58. The molecule has 1 aliphatic heterocycles. The Bertz CT molecular complexity index is 485. The number of halogens is 1. The van der Waals surface area contributed by atoms with Gasteiger partial charge in [0.2, 0.25) is 0 Å². The van der Waals surface area contributed by atoms with Crippen LogP contribution in [0.2, 0.25) is 0 Å². The van der Waals surface area contributed by atoms with Gasteiger partial charge in [0.25, 0.3) is 5.91 Å². The minimum Gasteiger partial charge on any atom is -0.483 e. The molecule has 96 valence electrons. The molecule has 1 saturated heterocycles. The molecule has 0 aliphatic carbocycles. The molecule has 2 rings (SSSR count). The molecule has 1 aromatic rings. The molecule has 5 nitrogen and oxygen atoms in total. The molecule has 0 bridgehead atoms. The SMILES string of the molecule is O=C(O)c1ccc(Br)cc1OCC(=O)N1CCC1. The summed E-state index contributed by atoms with van der Waals surface area (Å²) < 4.78 is 6.00. The lowest BCUT2D eigenvalue weighted by molar-refractivity contribution is -0.136. The molecule has 0 radical (unpaired) electrons. The third-order valence-electron chi connectivity index (χ3n) is 2.73. The number of carboxylic acid groups (broad SMARTS) is 1. The van der Waals surface area contributed by atoms with Crippen LogP contribution in [0, 0.1) is 0 Å². The van der Waals surface area contributed by atoms with E-state index in [1.165, 1.54) is 6.07 Å². The van der Waals surface area contributed by atoms with Gasteiger partial charge in [-0.1, -0.05) is 15.9 Å². The molecule has 0 saturated carbocycles. The maximum atomic E-state index is 11.6. The summed E-state index contributed by atoms with van der Waals surface area (Å²) in [6.45, 7) is 1.38. The molecule has 1 amide bonds. The quantitative estimate of drug-likeness (QED) is 0.919. The van der Waals surface area contributed by atoms with Crippen molar-refractivity contribution < 1.29 is 19.4 Å². The van der Waals surface area contributed by atoms with Crippen molar-refractivity contribution in [1.82, 2.24) is 4.90 Å². The van der Waals surface area contributed by atoms with Crippen LogP contribution < -0.4 is 4.74 Å². The standard InChI is InChI=1S/C12H12BrNO4/c13-8-2-3-9(12(16)17)10(6-8)18-7-11(15)14-4-1-5-14/h2-3,6H,1,4-5,7H2,(H,16,17). The third-order valence-corrected chi connectivity index (χ3v) is 3.23. The van der Waals surface area contributed by atoms with Crippen LogP contribution in [0.4, 0.5) is 0 Å². The summed E-state index contributed by atoms with van der Waals surface area (Å²) in [5.41, 5.74) is 0.0506. The van der Waals surface area contributed by atoms with E-state index >= 15 is 0 Å². The van der Waals surface area contributed by atoms with E-state index in [2.05, 4.69) is 15.9 Å². The Kier molecular flexibility index (Phi) is 3.86. The fourth-order valence-electron chi connectivity index (χ4n) is 1.59. The van der Waals surface area contributed by atoms with Crippen molar-refractivity contribution in [2.45, 2.75) is 6.42 Å². The highest BCUT2D eigenvalue weighted by atomic mass is 79.9. The predicted molar refractivity (Wildman–Crippen MR) is 67.8 cm³/mol. The number of rotatable bonds is 4. The van der Waals surface area contributed by atoms with E-state index < -0.39 is 5.97 Å². The Labute approximate surface area is 112 Å². The smallest absolute Gasteiger partial charge is 0.339 e. The van der Waals surface area contributed by atoms with Crippen LogP contribution in [0.25, 0.3) is 0 Å². The van der Waals surface area contributed by atoms with Gasteiger partial charge in [0, 0.05) is 17.6 Å². The van der Waals surface area contributed by atoms with Crippen LogP contribution in [0.15, 0.2) is 22.7 Å². The summed E-state index contributed by atoms with van der Waals surface area (Å²) in [4.78, 5) is 24.3. The highest BCUT2D eigenvalue weighted by Gasteiger charge is 2.21. The highest BCUT2D eigenvalue weighted by molar-refractivity contribution is 9.10. The van der Waals surface area contributed by atoms with Crippen molar-refractivity contribution >= 4 is 27.8 Å². The number of hydrogen-bond acceptors (Lipinski definition) is 3. The van der Waals surface area contributed by atoms with Gasteiger partial charge in [-0.05, 0) is 24.6 Å². The van der Waals surface area contributed by atoms with Gasteiger partial charge in [0.15, 0.2) is 6.61 Å². The first-order valence-electron chi connectivity index (χ1n) is 5.51. The predicted octanol–water partition coefficient (Wildman–Crippen LogP) is 1.76. The summed E-state index contributed by atoms with van der Waals surface area (Å²) in [5, 5.41) is 9.00. The second-order valence-electron chi connectivity index (χ2n) is 3.97. The van der Waals surface area contributed by atoms with Crippen molar-refractivity contribution in [3.05, 3.63) is 28.2 Å². The molecule has 0 spiro atoms. The van der Waals surface area contributed by atoms with Crippen molar-refractivity contribution in [2.24, 2.45) is 0 Å². The molecule has 1 aromatic carbocycles. The van der Waals surface area contributed by atoms with Gasteiger partial charge in [-0.2, -0.15) is 0 Å². The van der Waals surface area contributed by atoms with Gasteiger partial charge >= 0.3 is 5.97 Å². The number of likely N-dealkylation sites (tertiary alicyclic amines) is 1. The Morgan fingerprint density at radius 2 is 2.11 bits per heavy atom. The van der Waals surface area contributed by atoms with E-state index in [-0.39, 0.29) is 23.8 Å². The zero-order valence-electron chi connectivity index (χ0n) is 9.56. The first-order valence-corrected chi connectivity index (χ1v) is 6.30. The molecule has 1 N–H and O–H groups in total. The van der Waals surface area contributed by atoms with Crippen LogP contribution in [-0.4, -0.2) is 41.6 Å². The van der Waals surface area contributed by atoms with Crippen LogP contribution in [0.1, 0.15) is 16.8 Å².